The van der Waals surface area contributed by atoms with Crippen molar-refractivity contribution >= 4 is 11.8 Å². The Bertz CT molecular complexity index is 531. The summed E-state index contributed by atoms with van der Waals surface area (Å²) in [6.07, 6.45) is 0. The van der Waals surface area contributed by atoms with Gasteiger partial charge in [-0.25, -0.2) is 0 Å². The van der Waals surface area contributed by atoms with Gasteiger partial charge in [0.15, 0.2) is 0 Å². The SMILES string of the molecule is CCNCc1ccc(Sc2ccc(C)c(C)c2)cc1. The molecule has 0 spiro atoms. The second-order valence-electron chi connectivity index (χ2n) is 4.77. The third-order valence-electron chi connectivity index (χ3n) is 3.22. The van der Waals surface area contributed by atoms with Gasteiger partial charge in [-0.15, -0.1) is 0 Å². The Morgan fingerprint density at radius 1 is 0.895 bits per heavy atom. The van der Waals surface area contributed by atoms with E-state index in [4.69, 9.17) is 0 Å². The van der Waals surface area contributed by atoms with Crippen molar-refractivity contribution in [2.24, 2.45) is 0 Å². The summed E-state index contributed by atoms with van der Waals surface area (Å²) in [6, 6.07) is 15.4. The Balaban J connectivity index is 2.04. The van der Waals surface area contributed by atoms with E-state index in [0.717, 1.165) is 13.1 Å². The van der Waals surface area contributed by atoms with Crippen molar-refractivity contribution in [2.75, 3.05) is 6.54 Å². The van der Waals surface area contributed by atoms with Crippen LogP contribution in [0.1, 0.15) is 23.6 Å². The van der Waals surface area contributed by atoms with Crippen LogP contribution < -0.4 is 5.32 Å². The molecule has 0 radical (unpaired) electrons. The van der Waals surface area contributed by atoms with Crippen LogP contribution in [0.3, 0.4) is 0 Å². The number of benzene rings is 2. The zero-order valence-electron chi connectivity index (χ0n) is 11.9. The van der Waals surface area contributed by atoms with Crippen LogP contribution in [-0.4, -0.2) is 6.54 Å². The second kappa shape index (κ2) is 6.78. The molecule has 0 aliphatic carbocycles. The minimum Gasteiger partial charge on any atom is -0.313 e. The Morgan fingerprint density at radius 3 is 2.21 bits per heavy atom. The molecule has 0 aliphatic rings. The average Bonchev–Trinajstić information content (AvgIpc) is 2.42. The molecule has 0 aliphatic heterocycles. The van der Waals surface area contributed by atoms with Gasteiger partial charge >= 0.3 is 0 Å². The van der Waals surface area contributed by atoms with Crippen molar-refractivity contribution in [3.05, 3.63) is 59.2 Å². The molecule has 0 heterocycles. The summed E-state index contributed by atoms with van der Waals surface area (Å²) in [7, 11) is 0. The van der Waals surface area contributed by atoms with Crippen molar-refractivity contribution in [3.63, 3.8) is 0 Å². The van der Waals surface area contributed by atoms with Crippen LogP contribution in [0.4, 0.5) is 0 Å². The van der Waals surface area contributed by atoms with Gasteiger partial charge in [0.05, 0.1) is 0 Å². The summed E-state index contributed by atoms with van der Waals surface area (Å²) in [5.41, 5.74) is 4.05. The first-order chi connectivity index (χ1) is 9.19. The van der Waals surface area contributed by atoms with Crippen molar-refractivity contribution in [3.8, 4) is 0 Å². The van der Waals surface area contributed by atoms with Crippen molar-refractivity contribution in [2.45, 2.75) is 37.1 Å². The third-order valence-corrected chi connectivity index (χ3v) is 4.21. The number of nitrogens with one attached hydrogen (secondary N) is 1. The first kappa shape index (κ1) is 14.2. The van der Waals surface area contributed by atoms with Gasteiger partial charge in [0.25, 0.3) is 0 Å². The highest BCUT2D eigenvalue weighted by Gasteiger charge is 2.00. The normalized spacial score (nSPS) is 10.7. The van der Waals surface area contributed by atoms with Gasteiger partial charge in [0.1, 0.15) is 0 Å². The summed E-state index contributed by atoms with van der Waals surface area (Å²) >= 11 is 1.82. The van der Waals surface area contributed by atoms with Crippen LogP contribution in [0.5, 0.6) is 0 Å². The average molecular weight is 271 g/mol. The van der Waals surface area contributed by atoms with Crippen molar-refractivity contribution in [1.29, 1.82) is 0 Å². The van der Waals surface area contributed by atoms with Crippen LogP contribution in [0.25, 0.3) is 0 Å². The minimum absolute atomic E-state index is 0.949. The van der Waals surface area contributed by atoms with E-state index in [0.29, 0.717) is 0 Å². The van der Waals surface area contributed by atoms with E-state index < -0.39 is 0 Å². The molecule has 0 bridgehead atoms. The zero-order valence-corrected chi connectivity index (χ0v) is 12.7. The summed E-state index contributed by atoms with van der Waals surface area (Å²) < 4.78 is 0. The van der Waals surface area contributed by atoms with E-state index in [9.17, 15) is 0 Å². The maximum absolute atomic E-state index is 3.34. The molecule has 0 atom stereocenters. The lowest BCUT2D eigenvalue weighted by Crippen LogP contribution is -2.11. The van der Waals surface area contributed by atoms with Crippen LogP contribution >= 0.6 is 11.8 Å². The van der Waals surface area contributed by atoms with Crippen LogP contribution in [0.2, 0.25) is 0 Å². The number of hydrogen-bond donors (Lipinski definition) is 1. The highest BCUT2D eigenvalue weighted by molar-refractivity contribution is 7.99. The summed E-state index contributed by atoms with van der Waals surface area (Å²) in [5, 5.41) is 3.34. The van der Waals surface area contributed by atoms with Crippen molar-refractivity contribution in [1.82, 2.24) is 5.32 Å². The van der Waals surface area contributed by atoms with Crippen LogP contribution in [0.15, 0.2) is 52.3 Å². The molecule has 100 valence electrons. The van der Waals surface area contributed by atoms with Gasteiger partial charge in [-0.1, -0.05) is 36.9 Å². The maximum atomic E-state index is 3.34. The highest BCUT2D eigenvalue weighted by atomic mass is 32.2. The molecule has 2 rings (SSSR count). The molecule has 2 aromatic carbocycles. The molecule has 1 nitrogen and oxygen atoms in total. The molecule has 0 aromatic heterocycles. The van der Waals surface area contributed by atoms with Gasteiger partial charge < -0.3 is 5.32 Å². The molecule has 0 unspecified atom stereocenters. The number of aryl methyl sites for hydroxylation is 2. The minimum atomic E-state index is 0.949. The lowest BCUT2D eigenvalue weighted by Gasteiger charge is -2.06. The van der Waals surface area contributed by atoms with E-state index in [1.165, 1.54) is 26.5 Å². The van der Waals surface area contributed by atoms with Gasteiger partial charge in [0.2, 0.25) is 0 Å². The molecule has 0 amide bonds. The summed E-state index contributed by atoms with van der Waals surface area (Å²) in [4.78, 5) is 2.60. The quantitative estimate of drug-likeness (QED) is 0.855. The predicted octanol–water partition coefficient (Wildman–Crippen LogP) is 4.56. The Hall–Kier alpha value is -1.25. The second-order valence-corrected chi connectivity index (χ2v) is 5.92. The molecule has 2 heteroatoms. The summed E-state index contributed by atoms with van der Waals surface area (Å²) in [5.74, 6) is 0. The Labute approximate surface area is 120 Å². The van der Waals surface area contributed by atoms with E-state index in [1.54, 1.807) is 0 Å². The smallest absolute Gasteiger partial charge is 0.0205 e. The molecule has 19 heavy (non-hydrogen) atoms. The first-order valence-electron chi connectivity index (χ1n) is 6.74. The van der Waals surface area contributed by atoms with E-state index >= 15 is 0 Å². The summed E-state index contributed by atoms with van der Waals surface area (Å²) in [6.45, 7) is 8.41. The van der Waals surface area contributed by atoms with Crippen LogP contribution in [-0.2, 0) is 6.54 Å². The molecular weight excluding hydrogens is 250 g/mol. The lowest BCUT2D eigenvalue weighted by molar-refractivity contribution is 0.726. The monoisotopic (exact) mass is 271 g/mol. The number of rotatable bonds is 5. The highest BCUT2D eigenvalue weighted by Crippen LogP contribution is 2.29. The fraction of sp³-hybridized carbons (Fsp3) is 0.294. The fourth-order valence-corrected chi connectivity index (χ4v) is 2.77. The molecular formula is C17H21NS. The number of hydrogen-bond acceptors (Lipinski definition) is 2. The Morgan fingerprint density at radius 2 is 1.58 bits per heavy atom. The molecule has 0 saturated carbocycles. The lowest BCUT2D eigenvalue weighted by atomic mass is 10.1. The van der Waals surface area contributed by atoms with Gasteiger partial charge in [-0.3, -0.25) is 0 Å². The predicted molar refractivity (Wildman–Crippen MR) is 83.9 cm³/mol. The van der Waals surface area contributed by atoms with E-state index in [-0.39, 0.29) is 0 Å². The van der Waals surface area contributed by atoms with Gasteiger partial charge in [-0.05, 0) is 61.3 Å². The van der Waals surface area contributed by atoms with Crippen molar-refractivity contribution < 1.29 is 0 Å². The Kier molecular flexibility index (Phi) is 5.06. The molecule has 1 N–H and O–H groups in total. The topological polar surface area (TPSA) is 12.0 Å². The molecule has 0 fully saturated rings. The van der Waals surface area contributed by atoms with E-state index in [2.05, 4.69) is 68.6 Å². The van der Waals surface area contributed by atoms with Gasteiger partial charge in [-0.2, -0.15) is 0 Å². The largest absolute Gasteiger partial charge is 0.313 e. The third kappa shape index (κ3) is 4.12. The molecule has 0 saturated heterocycles. The van der Waals surface area contributed by atoms with Crippen LogP contribution in [0, 0.1) is 13.8 Å². The fourth-order valence-electron chi connectivity index (χ4n) is 1.86. The maximum Gasteiger partial charge on any atom is 0.0205 e. The molecule has 2 aromatic rings. The van der Waals surface area contributed by atoms with Gasteiger partial charge in [0, 0.05) is 16.3 Å². The van der Waals surface area contributed by atoms with E-state index in [1.807, 2.05) is 11.8 Å². The standard InChI is InChI=1S/C17H21NS/c1-4-18-12-15-6-9-16(10-7-15)19-17-8-5-13(2)14(3)11-17/h5-11,18H,4,12H2,1-3H3. The zero-order chi connectivity index (χ0) is 13.7. The first-order valence-corrected chi connectivity index (χ1v) is 7.55.